The van der Waals surface area contributed by atoms with Crippen LogP contribution in [0.3, 0.4) is 0 Å². The Morgan fingerprint density at radius 2 is 1.76 bits per heavy atom. The van der Waals surface area contributed by atoms with Crippen molar-refractivity contribution in [3.63, 3.8) is 0 Å². The number of rotatable bonds is 6. The molecule has 0 spiro atoms. The Kier molecular flexibility index (Phi) is 4.88. The van der Waals surface area contributed by atoms with Crippen molar-refractivity contribution >= 4 is 11.8 Å². The minimum absolute atomic E-state index is 0.312. The molecule has 3 heteroatoms. The number of carboxylic acids is 1. The van der Waals surface area contributed by atoms with Gasteiger partial charge in [0.25, 0.3) is 0 Å². The van der Waals surface area contributed by atoms with E-state index in [9.17, 15) is 9.59 Å². The fourth-order valence-corrected chi connectivity index (χ4v) is 1.93. The van der Waals surface area contributed by atoms with Crippen molar-refractivity contribution in [2.24, 2.45) is 11.8 Å². The standard InChI is InChI=1S/C14H18O3/c1-10(2)8-12(13(15)14(16)17)9-11-6-4-3-5-7-11/h3-7,10,12H,8-9H2,1-2H3,(H,16,17)/t12-/m0/s1. The van der Waals surface area contributed by atoms with Crippen molar-refractivity contribution in [1.82, 2.24) is 0 Å². The maximum atomic E-state index is 11.6. The lowest BCUT2D eigenvalue weighted by Gasteiger charge is -2.15. The molecule has 0 unspecified atom stereocenters. The Balaban J connectivity index is 2.77. The highest BCUT2D eigenvalue weighted by Gasteiger charge is 2.25. The molecule has 0 amide bonds. The van der Waals surface area contributed by atoms with Crippen molar-refractivity contribution < 1.29 is 14.7 Å². The monoisotopic (exact) mass is 234 g/mol. The van der Waals surface area contributed by atoms with Crippen molar-refractivity contribution in [2.75, 3.05) is 0 Å². The van der Waals surface area contributed by atoms with Gasteiger partial charge < -0.3 is 5.11 Å². The molecule has 3 nitrogen and oxygen atoms in total. The molecule has 0 bridgehead atoms. The van der Waals surface area contributed by atoms with Gasteiger partial charge in [-0.2, -0.15) is 0 Å². The summed E-state index contributed by atoms with van der Waals surface area (Å²) >= 11 is 0. The van der Waals surface area contributed by atoms with E-state index in [1.165, 1.54) is 0 Å². The molecule has 0 aliphatic carbocycles. The number of hydrogen-bond donors (Lipinski definition) is 1. The number of ketones is 1. The van der Waals surface area contributed by atoms with Crippen molar-refractivity contribution in [2.45, 2.75) is 26.7 Å². The van der Waals surface area contributed by atoms with E-state index in [4.69, 9.17) is 5.11 Å². The number of carbonyl (C=O) groups excluding carboxylic acids is 1. The van der Waals surface area contributed by atoms with E-state index in [-0.39, 0.29) is 0 Å². The fraction of sp³-hybridized carbons (Fsp3) is 0.429. The summed E-state index contributed by atoms with van der Waals surface area (Å²) in [5.41, 5.74) is 1.01. The highest BCUT2D eigenvalue weighted by molar-refractivity contribution is 6.33. The maximum Gasteiger partial charge on any atom is 0.372 e. The molecule has 0 saturated heterocycles. The first-order valence-electron chi connectivity index (χ1n) is 5.81. The molecule has 0 saturated carbocycles. The molecule has 0 aromatic heterocycles. The van der Waals surface area contributed by atoms with Gasteiger partial charge in [-0.05, 0) is 24.3 Å². The van der Waals surface area contributed by atoms with Crippen LogP contribution in [0.25, 0.3) is 0 Å². The smallest absolute Gasteiger partial charge is 0.372 e. The second kappa shape index (κ2) is 6.18. The molecule has 0 fully saturated rings. The first-order valence-corrected chi connectivity index (χ1v) is 5.81. The molecule has 0 radical (unpaired) electrons. The lowest BCUT2D eigenvalue weighted by atomic mass is 9.88. The SMILES string of the molecule is CC(C)C[C@@H](Cc1ccccc1)C(=O)C(=O)O. The third-order valence-electron chi connectivity index (χ3n) is 2.66. The van der Waals surface area contributed by atoms with E-state index >= 15 is 0 Å². The Bertz CT molecular complexity index is 382. The molecule has 0 aliphatic rings. The van der Waals surface area contributed by atoms with Crippen LogP contribution in [0.1, 0.15) is 25.8 Å². The number of carbonyl (C=O) groups is 2. The molecule has 1 rings (SSSR count). The van der Waals surface area contributed by atoms with E-state index in [0.717, 1.165) is 5.56 Å². The quantitative estimate of drug-likeness (QED) is 0.769. The van der Waals surface area contributed by atoms with Crippen LogP contribution in [-0.4, -0.2) is 16.9 Å². The number of hydrogen-bond acceptors (Lipinski definition) is 2. The second-order valence-electron chi connectivity index (χ2n) is 4.69. The molecule has 17 heavy (non-hydrogen) atoms. The third kappa shape index (κ3) is 4.39. The summed E-state index contributed by atoms with van der Waals surface area (Å²) < 4.78 is 0. The highest BCUT2D eigenvalue weighted by Crippen LogP contribution is 2.18. The summed E-state index contributed by atoms with van der Waals surface area (Å²) in [6, 6.07) is 9.53. The van der Waals surface area contributed by atoms with Gasteiger partial charge in [0.15, 0.2) is 0 Å². The lowest BCUT2D eigenvalue weighted by molar-refractivity contribution is -0.151. The number of carboxylic acid groups (broad SMARTS) is 1. The second-order valence-corrected chi connectivity index (χ2v) is 4.69. The van der Waals surface area contributed by atoms with Crippen LogP contribution in [-0.2, 0) is 16.0 Å². The predicted molar refractivity (Wildman–Crippen MR) is 65.7 cm³/mol. The number of Topliss-reactive ketones (excluding diaryl/α,β-unsaturated/α-hetero) is 1. The normalized spacial score (nSPS) is 12.4. The van der Waals surface area contributed by atoms with E-state index in [2.05, 4.69) is 0 Å². The zero-order valence-corrected chi connectivity index (χ0v) is 10.2. The molecule has 0 aliphatic heterocycles. The van der Waals surface area contributed by atoms with Crippen LogP contribution in [0.4, 0.5) is 0 Å². The van der Waals surface area contributed by atoms with Gasteiger partial charge in [-0.3, -0.25) is 4.79 Å². The maximum absolute atomic E-state index is 11.6. The van der Waals surface area contributed by atoms with Gasteiger partial charge in [0, 0.05) is 5.92 Å². The van der Waals surface area contributed by atoms with Gasteiger partial charge in [0.05, 0.1) is 0 Å². The Labute approximate surface area is 101 Å². The molecule has 92 valence electrons. The van der Waals surface area contributed by atoms with Crippen molar-refractivity contribution in [3.8, 4) is 0 Å². The molecule has 1 atom stereocenters. The van der Waals surface area contributed by atoms with Crippen LogP contribution in [0.2, 0.25) is 0 Å². The summed E-state index contributed by atoms with van der Waals surface area (Å²) in [6.07, 6.45) is 1.12. The van der Waals surface area contributed by atoms with Crippen molar-refractivity contribution in [1.29, 1.82) is 0 Å². The van der Waals surface area contributed by atoms with E-state index in [1.54, 1.807) is 0 Å². The van der Waals surface area contributed by atoms with Crippen LogP contribution in [0.15, 0.2) is 30.3 Å². The van der Waals surface area contributed by atoms with Crippen LogP contribution < -0.4 is 0 Å². The topological polar surface area (TPSA) is 54.4 Å². The average molecular weight is 234 g/mol. The Hall–Kier alpha value is -1.64. The summed E-state index contributed by atoms with van der Waals surface area (Å²) in [5.74, 6) is -2.11. The van der Waals surface area contributed by atoms with Gasteiger partial charge in [0.1, 0.15) is 0 Å². The largest absolute Gasteiger partial charge is 0.475 e. The first kappa shape index (κ1) is 13.4. The zero-order valence-electron chi connectivity index (χ0n) is 10.2. The van der Waals surface area contributed by atoms with Gasteiger partial charge in [-0.15, -0.1) is 0 Å². The van der Waals surface area contributed by atoms with E-state index in [0.29, 0.717) is 18.8 Å². The van der Waals surface area contributed by atoms with Crippen LogP contribution in [0, 0.1) is 11.8 Å². The van der Waals surface area contributed by atoms with Gasteiger partial charge >= 0.3 is 5.97 Å². The van der Waals surface area contributed by atoms with Crippen molar-refractivity contribution in [3.05, 3.63) is 35.9 Å². The zero-order chi connectivity index (χ0) is 12.8. The molecule has 1 aromatic rings. The number of benzene rings is 1. The highest BCUT2D eigenvalue weighted by atomic mass is 16.4. The molecule has 1 N–H and O–H groups in total. The summed E-state index contributed by atoms with van der Waals surface area (Å²) in [6.45, 7) is 3.99. The molecular weight excluding hydrogens is 216 g/mol. The average Bonchev–Trinajstić information content (AvgIpc) is 2.28. The van der Waals surface area contributed by atoms with Gasteiger partial charge in [-0.25, -0.2) is 4.79 Å². The van der Waals surface area contributed by atoms with Crippen LogP contribution in [0.5, 0.6) is 0 Å². The van der Waals surface area contributed by atoms with Crippen LogP contribution >= 0.6 is 0 Å². The summed E-state index contributed by atoms with van der Waals surface area (Å²) in [5, 5.41) is 8.79. The van der Waals surface area contributed by atoms with Gasteiger partial charge in [-0.1, -0.05) is 44.2 Å². The Morgan fingerprint density at radius 3 is 2.24 bits per heavy atom. The summed E-state index contributed by atoms with van der Waals surface area (Å²) in [4.78, 5) is 22.3. The third-order valence-corrected chi connectivity index (χ3v) is 2.66. The number of aliphatic carboxylic acids is 1. The van der Waals surface area contributed by atoms with Gasteiger partial charge in [0.2, 0.25) is 5.78 Å². The first-order chi connectivity index (χ1) is 8.00. The minimum Gasteiger partial charge on any atom is -0.475 e. The van der Waals surface area contributed by atoms with E-state index in [1.807, 2.05) is 44.2 Å². The molecular formula is C14H18O3. The lowest BCUT2D eigenvalue weighted by Crippen LogP contribution is -2.26. The Morgan fingerprint density at radius 1 is 1.18 bits per heavy atom. The fourth-order valence-electron chi connectivity index (χ4n) is 1.93. The molecule has 1 aromatic carbocycles. The minimum atomic E-state index is -1.33. The summed E-state index contributed by atoms with van der Waals surface area (Å²) in [7, 11) is 0. The predicted octanol–water partition coefficient (Wildman–Crippen LogP) is 2.55. The van der Waals surface area contributed by atoms with E-state index < -0.39 is 17.7 Å². The molecule has 0 heterocycles.